The fourth-order valence-corrected chi connectivity index (χ4v) is 2.46. The predicted octanol–water partition coefficient (Wildman–Crippen LogP) is 4.39. The number of rotatable bonds is 4. The van der Waals surface area contributed by atoms with Crippen LogP contribution in [0.4, 0.5) is 0 Å². The minimum absolute atomic E-state index is 0.0338. The van der Waals surface area contributed by atoms with E-state index in [0.717, 1.165) is 16.7 Å². The van der Waals surface area contributed by atoms with Crippen LogP contribution in [0.1, 0.15) is 5.56 Å². The summed E-state index contributed by atoms with van der Waals surface area (Å²) >= 11 is 0. The van der Waals surface area contributed by atoms with Crippen molar-refractivity contribution in [2.45, 2.75) is 0 Å². The summed E-state index contributed by atoms with van der Waals surface area (Å²) in [7, 11) is 0. The van der Waals surface area contributed by atoms with Gasteiger partial charge in [0.1, 0.15) is 17.1 Å². The summed E-state index contributed by atoms with van der Waals surface area (Å²) in [4.78, 5) is 16.0. The fourth-order valence-electron chi connectivity index (χ4n) is 2.46. The van der Waals surface area contributed by atoms with Crippen LogP contribution >= 0.6 is 0 Å². The van der Waals surface area contributed by atoms with Gasteiger partial charge in [-0.2, -0.15) is 0 Å². The van der Waals surface area contributed by atoms with Crippen molar-refractivity contribution in [3.8, 4) is 17.1 Å². The Balaban J connectivity index is 2.06. The quantitative estimate of drug-likeness (QED) is 0.573. The molecule has 0 amide bonds. The maximum atomic E-state index is 12.2. The molecule has 0 saturated heterocycles. The van der Waals surface area contributed by atoms with E-state index in [9.17, 15) is 9.90 Å². The lowest BCUT2D eigenvalue weighted by Crippen LogP contribution is -2.00. The van der Waals surface area contributed by atoms with Crippen molar-refractivity contribution >= 4 is 23.3 Å². The molecule has 0 saturated carbocycles. The normalized spacial score (nSPS) is 11.4. The number of phenolic OH excluding ortho intramolecular Hbond substituents is 1. The zero-order valence-corrected chi connectivity index (χ0v) is 12.9. The standard InChI is InChI=1S/C20H15NO3/c1-3-13(12-21-2)14-4-6-15(7-5-14)20-11-18(23)17-10-16(22)8-9-19(17)24-20/h3-12,22H,1-2H2/b13-12+. The van der Waals surface area contributed by atoms with Crippen molar-refractivity contribution < 1.29 is 9.52 Å². The molecule has 1 heterocycles. The van der Waals surface area contributed by atoms with E-state index < -0.39 is 0 Å². The van der Waals surface area contributed by atoms with E-state index in [4.69, 9.17) is 4.42 Å². The highest BCUT2D eigenvalue weighted by atomic mass is 16.3. The largest absolute Gasteiger partial charge is 0.508 e. The highest BCUT2D eigenvalue weighted by molar-refractivity contribution is 5.80. The molecule has 0 bridgehead atoms. The molecule has 24 heavy (non-hydrogen) atoms. The minimum Gasteiger partial charge on any atom is -0.508 e. The number of phenols is 1. The molecular formula is C20H15NO3. The molecule has 0 aliphatic rings. The predicted molar refractivity (Wildman–Crippen MR) is 97.3 cm³/mol. The third-order valence-corrected chi connectivity index (χ3v) is 3.66. The van der Waals surface area contributed by atoms with E-state index in [1.54, 1.807) is 18.3 Å². The van der Waals surface area contributed by atoms with Crippen molar-refractivity contribution in [2.24, 2.45) is 4.99 Å². The van der Waals surface area contributed by atoms with E-state index in [1.165, 1.54) is 18.2 Å². The van der Waals surface area contributed by atoms with E-state index in [-0.39, 0.29) is 11.2 Å². The molecule has 118 valence electrons. The summed E-state index contributed by atoms with van der Waals surface area (Å²) in [6, 6.07) is 13.4. The Morgan fingerprint density at radius 1 is 1.12 bits per heavy atom. The van der Waals surface area contributed by atoms with Crippen LogP contribution in [0.3, 0.4) is 0 Å². The summed E-state index contributed by atoms with van der Waals surface area (Å²) in [5.41, 5.74) is 2.80. The Labute approximate surface area is 138 Å². The number of allylic oxidation sites excluding steroid dienone is 2. The number of fused-ring (bicyclic) bond motifs is 1. The van der Waals surface area contributed by atoms with Crippen LogP contribution in [0.25, 0.3) is 27.9 Å². The van der Waals surface area contributed by atoms with Crippen molar-refractivity contribution in [3.05, 3.63) is 83.2 Å². The fraction of sp³-hybridized carbons (Fsp3) is 0. The van der Waals surface area contributed by atoms with Gasteiger partial charge in [0.2, 0.25) is 0 Å². The molecule has 0 aliphatic carbocycles. The smallest absolute Gasteiger partial charge is 0.193 e. The summed E-state index contributed by atoms with van der Waals surface area (Å²) < 4.78 is 5.78. The molecule has 0 radical (unpaired) electrons. The van der Waals surface area contributed by atoms with Gasteiger partial charge in [0.25, 0.3) is 0 Å². The van der Waals surface area contributed by atoms with Gasteiger partial charge in [-0.05, 0) is 36.1 Å². The number of nitrogens with zero attached hydrogens (tertiary/aromatic N) is 1. The lowest BCUT2D eigenvalue weighted by molar-refractivity contribution is 0.475. The highest BCUT2D eigenvalue weighted by Gasteiger charge is 2.08. The van der Waals surface area contributed by atoms with E-state index in [2.05, 4.69) is 18.3 Å². The van der Waals surface area contributed by atoms with Gasteiger partial charge >= 0.3 is 0 Å². The lowest BCUT2D eigenvalue weighted by atomic mass is 10.0. The van der Waals surface area contributed by atoms with Gasteiger partial charge in [-0.15, -0.1) is 0 Å². The summed E-state index contributed by atoms with van der Waals surface area (Å²) in [5.74, 6) is 0.502. The molecule has 2 aromatic carbocycles. The zero-order chi connectivity index (χ0) is 17.1. The van der Waals surface area contributed by atoms with Crippen LogP contribution in [-0.4, -0.2) is 11.8 Å². The summed E-state index contributed by atoms with van der Waals surface area (Å²) in [5, 5.41) is 9.84. The molecule has 0 unspecified atom stereocenters. The molecule has 3 aromatic rings. The number of hydrogen-bond acceptors (Lipinski definition) is 4. The third-order valence-electron chi connectivity index (χ3n) is 3.66. The molecule has 4 nitrogen and oxygen atoms in total. The maximum Gasteiger partial charge on any atom is 0.193 e. The van der Waals surface area contributed by atoms with Gasteiger partial charge in [-0.3, -0.25) is 9.79 Å². The average Bonchev–Trinajstić information content (AvgIpc) is 2.60. The Hall–Kier alpha value is -3.40. The topological polar surface area (TPSA) is 62.8 Å². The first-order valence-electron chi connectivity index (χ1n) is 7.28. The third kappa shape index (κ3) is 2.90. The van der Waals surface area contributed by atoms with Crippen LogP contribution in [-0.2, 0) is 0 Å². The molecule has 0 aliphatic heterocycles. The van der Waals surface area contributed by atoms with Gasteiger partial charge in [-0.1, -0.05) is 36.9 Å². The Morgan fingerprint density at radius 3 is 2.54 bits per heavy atom. The highest BCUT2D eigenvalue weighted by Crippen LogP contribution is 2.26. The maximum absolute atomic E-state index is 12.2. The van der Waals surface area contributed by atoms with Crippen LogP contribution in [0.5, 0.6) is 5.75 Å². The lowest BCUT2D eigenvalue weighted by Gasteiger charge is -2.06. The van der Waals surface area contributed by atoms with E-state index >= 15 is 0 Å². The zero-order valence-electron chi connectivity index (χ0n) is 12.9. The number of aromatic hydroxyl groups is 1. The number of hydrogen-bond donors (Lipinski definition) is 1. The number of benzene rings is 2. The van der Waals surface area contributed by atoms with Crippen molar-refractivity contribution in [2.75, 3.05) is 0 Å². The van der Waals surface area contributed by atoms with Crippen molar-refractivity contribution in [1.29, 1.82) is 0 Å². The van der Waals surface area contributed by atoms with Crippen LogP contribution in [0, 0.1) is 0 Å². The van der Waals surface area contributed by atoms with Gasteiger partial charge < -0.3 is 9.52 Å². The molecule has 0 spiro atoms. The summed E-state index contributed by atoms with van der Waals surface area (Å²) in [6.07, 6.45) is 3.33. The summed E-state index contributed by atoms with van der Waals surface area (Å²) in [6.45, 7) is 7.20. The van der Waals surface area contributed by atoms with Gasteiger partial charge in [0.05, 0.1) is 5.39 Å². The second-order valence-electron chi connectivity index (χ2n) is 5.20. The van der Waals surface area contributed by atoms with E-state index in [0.29, 0.717) is 16.7 Å². The van der Waals surface area contributed by atoms with Crippen molar-refractivity contribution in [3.63, 3.8) is 0 Å². The average molecular weight is 317 g/mol. The Morgan fingerprint density at radius 2 is 1.88 bits per heavy atom. The minimum atomic E-state index is -0.200. The van der Waals surface area contributed by atoms with Gasteiger partial charge in [0, 0.05) is 17.8 Å². The first-order chi connectivity index (χ1) is 11.6. The van der Waals surface area contributed by atoms with Crippen LogP contribution in [0.2, 0.25) is 0 Å². The monoisotopic (exact) mass is 317 g/mol. The molecule has 0 fully saturated rings. The molecular weight excluding hydrogens is 302 g/mol. The first-order valence-corrected chi connectivity index (χ1v) is 7.28. The number of aliphatic imine (C=N–C) groups is 1. The second kappa shape index (κ2) is 6.38. The molecule has 0 atom stereocenters. The van der Waals surface area contributed by atoms with Crippen molar-refractivity contribution in [1.82, 2.24) is 0 Å². The van der Waals surface area contributed by atoms with Gasteiger partial charge in [0.15, 0.2) is 5.43 Å². The van der Waals surface area contributed by atoms with Crippen LogP contribution < -0.4 is 5.43 Å². The van der Waals surface area contributed by atoms with E-state index in [1.807, 2.05) is 24.3 Å². The first kappa shape index (κ1) is 15.5. The van der Waals surface area contributed by atoms with Crippen LogP contribution in [0.15, 0.2) is 81.6 Å². The van der Waals surface area contributed by atoms with Gasteiger partial charge in [-0.25, -0.2) is 0 Å². The molecule has 3 rings (SSSR count). The Bertz CT molecular complexity index is 1010. The SMILES string of the molecule is C=C/C(=C\N=C)c1ccc(-c2cc(=O)c3cc(O)ccc3o2)cc1. The second-order valence-corrected chi connectivity index (χ2v) is 5.20. The molecule has 1 N–H and O–H groups in total. The molecule has 4 heteroatoms. The molecule has 1 aromatic heterocycles. The Kier molecular flexibility index (Phi) is 4.12.